The fourth-order valence-electron chi connectivity index (χ4n) is 1.67. The van der Waals surface area contributed by atoms with E-state index in [1.54, 1.807) is 16.9 Å². The van der Waals surface area contributed by atoms with E-state index in [0.29, 0.717) is 12.4 Å². The number of hydrogen-bond donors (Lipinski definition) is 2. The van der Waals surface area contributed by atoms with E-state index in [9.17, 15) is 4.79 Å². The zero-order valence-corrected chi connectivity index (χ0v) is 11.3. The quantitative estimate of drug-likeness (QED) is 0.882. The molecule has 0 aliphatic rings. The van der Waals surface area contributed by atoms with E-state index in [4.69, 9.17) is 0 Å². The molecule has 100 valence electrons. The number of urea groups is 1. The molecule has 2 amide bonds. The van der Waals surface area contributed by atoms with Crippen molar-refractivity contribution in [1.82, 2.24) is 20.1 Å². The van der Waals surface area contributed by atoms with Crippen LogP contribution in [0.15, 0.2) is 24.4 Å². The van der Waals surface area contributed by atoms with Crippen molar-refractivity contribution in [2.45, 2.75) is 20.4 Å². The number of hydrogen-bond acceptors (Lipinski definition) is 3. The zero-order valence-electron chi connectivity index (χ0n) is 11.3. The van der Waals surface area contributed by atoms with Gasteiger partial charge in [0.25, 0.3) is 0 Å². The van der Waals surface area contributed by atoms with Crippen molar-refractivity contribution < 1.29 is 4.79 Å². The molecular formula is C13H17N5O. The van der Waals surface area contributed by atoms with Gasteiger partial charge in [-0.25, -0.2) is 9.78 Å². The van der Waals surface area contributed by atoms with Crippen LogP contribution in [-0.2, 0) is 13.6 Å². The van der Waals surface area contributed by atoms with Crippen LogP contribution in [0.2, 0.25) is 0 Å². The summed E-state index contributed by atoms with van der Waals surface area (Å²) < 4.78 is 1.77. The van der Waals surface area contributed by atoms with E-state index in [-0.39, 0.29) is 6.03 Å². The Bertz CT molecular complexity index is 590. The van der Waals surface area contributed by atoms with Crippen LogP contribution in [-0.4, -0.2) is 20.8 Å². The standard InChI is InChI=1S/C13H17N5O/c1-9-5-4-6-12(16-9)17-13(19)14-7-11-8-15-18(3)10(11)2/h4-6,8H,7H2,1-3H3,(H2,14,16,17,19). The van der Waals surface area contributed by atoms with E-state index in [2.05, 4.69) is 20.7 Å². The molecule has 2 N–H and O–H groups in total. The molecule has 6 nitrogen and oxygen atoms in total. The Morgan fingerprint density at radius 3 is 2.79 bits per heavy atom. The highest BCUT2D eigenvalue weighted by atomic mass is 16.2. The number of nitrogens with one attached hydrogen (secondary N) is 2. The summed E-state index contributed by atoms with van der Waals surface area (Å²) in [6.07, 6.45) is 1.75. The molecule has 19 heavy (non-hydrogen) atoms. The molecule has 2 aromatic rings. The minimum Gasteiger partial charge on any atom is -0.334 e. The van der Waals surface area contributed by atoms with E-state index in [1.165, 1.54) is 0 Å². The molecule has 0 bridgehead atoms. The Morgan fingerprint density at radius 2 is 2.16 bits per heavy atom. The Balaban J connectivity index is 1.90. The minimum absolute atomic E-state index is 0.277. The van der Waals surface area contributed by atoms with Crippen LogP contribution in [0.3, 0.4) is 0 Å². The lowest BCUT2D eigenvalue weighted by Crippen LogP contribution is -2.28. The van der Waals surface area contributed by atoms with Crippen LogP contribution in [0.1, 0.15) is 17.0 Å². The van der Waals surface area contributed by atoms with Gasteiger partial charge in [-0.05, 0) is 26.0 Å². The fraction of sp³-hybridized carbons (Fsp3) is 0.308. The van der Waals surface area contributed by atoms with Gasteiger partial charge in [-0.2, -0.15) is 5.10 Å². The highest BCUT2D eigenvalue weighted by Crippen LogP contribution is 2.06. The summed E-state index contributed by atoms with van der Waals surface area (Å²) in [5.41, 5.74) is 2.89. The summed E-state index contributed by atoms with van der Waals surface area (Å²) in [5, 5.41) is 9.59. The van der Waals surface area contributed by atoms with Gasteiger partial charge in [0.1, 0.15) is 5.82 Å². The number of rotatable bonds is 3. The zero-order chi connectivity index (χ0) is 13.8. The van der Waals surface area contributed by atoms with Gasteiger partial charge in [0.05, 0.1) is 6.20 Å². The summed E-state index contributed by atoms with van der Waals surface area (Å²) in [4.78, 5) is 15.9. The second kappa shape index (κ2) is 5.51. The molecule has 0 saturated carbocycles. The maximum Gasteiger partial charge on any atom is 0.320 e. The highest BCUT2D eigenvalue weighted by Gasteiger charge is 2.06. The van der Waals surface area contributed by atoms with Gasteiger partial charge < -0.3 is 5.32 Å². The molecule has 2 rings (SSSR count). The second-order valence-electron chi connectivity index (χ2n) is 4.35. The maximum atomic E-state index is 11.7. The third kappa shape index (κ3) is 3.31. The lowest BCUT2D eigenvalue weighted by molar-refractivity contribution is 0.251. The number of aryl methyl sites for hydroxylation is 2. The molecule has 0 fully saturated rings. The van der Waals surface area contributed by atoms with Crippen LogP contribution in [0, 0.1) is 13.8 Å². The van der Waals surface area contributed by atoms with Crippen molar-refractivity contribution >= 4 is 11.8 Å². The summed E-state index contributed by atoms with van der Waals surface area (Å²) in [6, 6.07) is 5.20. The summed E-state index contributed by atoms with van der Waals surface area (Å²) in [5.74, 6) is 0.542. The van der Waals surface area contributed by atoms with Gasteiger partial charge in [0.2, 0.25) is 0 Å². The summed E-state index contributed by atoms with van der Waals surface area (Å²) in [6.45, 7) is 4.28. The lowest BCUT2D eigenvalue weighted by atomic mass is 10.2. The van der Waals surface area contributed by atoms with Crippen molar-refractivity contribution in [1.29, 1.82) is 0 Å². The van der Waals surface area contributed by atoms with Crippen LogP contribution in [0.5, 0.6) is 0 Å². The van der Waals surface area contributed by atoms with Crippen LogP contribution < -0.4 is 10.6 Å². The largest absolute Gasteiger partial charge is 0.334 e. The van der Waals surface area contributed by atoms with Gasteiger partial charge in [0.15, 0.2) is 0 Å². The first kappa shape index (κ1) is 13.1. The number of nitrogens with zero attached hydrogens (tertiary/aromatic N) is 3. The molecular weight excluding hydrogens is 242 g/mol. The van der Waals surface area contributed by atoms with Crippen LogP contribution in [0.4, 0.5) is 10.6 Å². The third-order valence-electron chi connectivity index (χ3n) is 2.91. The molecule has 0 aromatic carbocycles. The molecule has 2 heterocycles. The Morgan fingerprint density at radius 1 is 1.37 bits per heavy atom. The molecule has 0 spiro atoms. The average Bonchev–Trinajstić information content (AvgIpc) is 2.68. The van der Waals surface area contributed by atoms with Gasteiger partial charge in [-0.3, -0.25) is 10.00 Å². The predicted molar refractivity (Wildman–Crippen MR) is 72.8 cm³/mol. The van der Waals surface area contributed by atoms with Crippen LogP contribution in [0.25, 0.3) is 0 Å². The first-order chi connectivity index (χ1) is 9.06. The van der Waals surface area contributed by atoms with Crippen molar-refractivity contribution in [3.8, 4) is 0 Å². The summed E-state index contributed by atoms with van der Waals surface area (Å²) in [7, 11) is 1.87. The molecule has 2 aromatic heterocycles. The van der Waals surface area contributed by atoms with Gasteiger partial charge in [0, 0.05) is 30.5 Å². The lowest BCUT2D eigenvalue weighted by Gasteiger charge is -2.07. The van der Waals surface area contributed by atoms with Gasteiger partial charge >= 0.3 is 6.03 Å². The Hall–Kier alpha value is -2.37. The third-order valence-corrected chi connectivity index (χ3v) is 2.91. The molecule has 0 unspecified atom stereocenters. The monoisotopic (exact) mass is 259 g/mol. The molecule has 0 aliphatic carbocycles. The first-order valence-electron chi connectivity index (χ1n) is 6.02. The normalized spacial score (nSPS) is 10.3. The van der Waals surface area contributed by atoms with Crippen molar-refractivity contribution in [3.05, 3.63) is 41.3 Å². The first-order valence-corrected chi connectivity index (χ1v) is 6.02. The topological polar surface area (TPSA) is 71.8 Å². The molecule has 0 radical (unpaired) electrons. The van der Waals surface area contributed by atoms with Gasteiger partial charge in [-0.15, -0.1) is 0 Å². The SMILES string of the molecule is Cc1cccc(NC(=O)NCc2cnn(C)c2C)n1. The fourth-order valence-corrected chi connectivity index (χ4v) is 1.67. The molecule has 6 heteroatoms. The Kier molecular flexibility index (Phi) is 3.79. The maximum absolute atomic E-state index is 11.7. The van der Waals surface area contributed by atoms with Gasteiger partial charge in [-0.1, -0.05) is 6.07 Å². The average molecular weight is 259 g/mol. The Labute approximate surface area is 111 Å². The van der Waals surface area contributed by atoms with Crippen molar-refractivity contribution in [2.24, 2.45) is 7.05 Å². The smallest absolute Gasteiger partial charge is 0.320 e. The number of pyridine rings is 1. The number of carbonyl (C=O) groups is 1. The number of amides is 2. The predicted octanol–water partition coefficient (Wildman–Crippen LogP) is 1.75. The van der Waals surface area contributed by atoms with Crippen LogP contribution >= 0.6 is 0 Å². The van der Waals surface area contributed by atoms with Crippen molar-refractivity contribution in [2.75, 3.05) is 5.32 Å². The van der Waals surface area contributed by atoms with E-state index in [1.807, 2.05) is 33.0 Å². The number of anilines is 1. The second-order valence-corrected chi connectivity index (χ2v) is 4.35. The minimum atomic E-state index is -0.277. The highest BCUT2D eigenvalue weighted by molar-refractivity contribution is 5.88. The molecule has 0 atom stereocenters. The summed E-state index contributed by atoms with van der Waals surface area (Å²) >= 11 is 0. The molecule has 0 aliphatic heterocycles. The molecule has 0 saturated heterocycles. The number of aromatic nitrogens is 3. The van der Waals surface area contributed by atoms with E-state index < -0.39 is 0 Å². The van der Waals surface area contributed by atoms with E-state index in [0.717, 1.165) is 17.0 Å². The van der Waals surface area contributed by atoms with Crippen molar-refractivity contribution in [3.63, 3.8) is 0 Å². The number of carbonyl (C=O) groups excluding carboxylic acids is 1. The van der Waals surface area contributed by atoms with E-state index >= 15 is 0 Å².